The van der Waals surface area contributed by atoms with Gasteiger partial charge >= 0.3 is 0 Å². The molecule has 1 heterocycles. The molecule has 0 aromatic heterocycles. The van der Waals surface area contributed by atoms with Crippen LogP contribution in [0.15, 0.2) is 47.4 Å². The highest BCUT2D eigenvalue weighted by Crippen LogP contribution is 2.37. The molecule has 3 rings (SSSR count). The summed E-state index contributed by atoms with van der Waals surface area (Å²) >= 11 is 12.6. The van der Waals surface area contributed by atoms with Crippen molar-refractivity contribution in [1.82, 2.24) is 0 Å². The maximum Gasteiger partial charge on any atom is 0.270 e. The summed E-state index contributed by atoms with van der Waals surface area (Å²) in [6.07, 6.45) is 1.82. The Balaban J connectivity index is 1.97. The van der Waals surface area contributed by atoms with Gasteiger partial charge in [-0.05, 0) is 42.8 Å². The van der Waals surface area contributed by atoms with Crippen LogP contribution in [0.2, 0.25) is 5.02 Å². The minimum absolute atomic E-state index is 0.143. The van der Waals surface area contributed by atoms with E-state index in [9.17, 15) is 4.79 Å². The van der Waals surface area contributed by atoms with Crippen LogP contribution in [0.4, 0.5) is 5.69 Å². The van der Waals surface area contributed by atoms with Crippen molar-refractivity contribution in [2.75, 3.05) is 12.0 Å². The van der Waals surface area contributed by atoms with Crippen molar-refractivity contribution in [3.8, 4) is 5.75 Å². The van der Waals surface area contributed by atoms with E-state index in [4.69, 9.17) is 28.6 Å². The summed E-state index contributed by atoms with van der Waals surface area (Å²) in [4.78, 5) is 14.9. The van der Waals surface area contributed by atoms with Gasteiger partial charge in [0.2, 0.25) is 0 Å². The first kappa shape index (κ1) is 17.0. The zero-order chi connectivity index (χ0) is 17.3. The number of amides is 1. The summed E-state index contributed by atoms with van der Waals surface area (Å²) in [5, 5.41) is 0.615. The SMILES string of the molecule is COc1c(C)cccc1C=C1SC(=S)N(c2ccc(Cl)cc2)C1=O. The van der Waals surface area contributed by atoms with Crippen molar-refractivity contribution in [1.29, 1.82) is 0 Å². The van der Waals surface area contributed by atoms with E-state index in [1.165, 1.54) is 16.7 Å². The van der Waals surface area contributed by atoms with E-state index in [1.54, 1.807) is 31.4 Å². The third-order valence-electron chi connectivity index (χ3n) is 3.61. The van der Waals surface area contributed by atoms with E-state index in [0.717, 1.165) is 16.9 Å². The van der Waals surface area contributed by atoms with Gasteiger partial charge in [0.1, 0.15) is 5.75 Å². The summed E-state index contributed by atoms with van der Waals surface area (Å²) < 4.78 is 5.95. The van der Waals surface area contributed by atoms with Crippen molar-refractivity contribution >= 4 is 57.6 Å². The molecule has 2 aromatic carbocycles. The minimum Gasteiger partial charge on any atom is -0.496 e. The fourth-order valence-corrected chi connectivity index (χ4v) is 3.91. The highest BCUT2D eigenvalue weighted by molar-refractivity contribution is 8.27. The predicted octanol–water partition coefficient (Wildman–Crippen LogP) is 5.06. The Morgan fingerprint density at radius 1 is 1.21 bits per heavy atom. The number of methoxy groups -OCH3 is 1. The Morgan fingerprint density at radius 2 is 1.92 bits per heavy atom. The maximum absolute atomic E-state index is 12.8. The molecule has 122 valence electrons. The van der Waals surface area contributed by atoms with E-state index in [-0.39, 0.29) is 5.91 Å². The van der Waals surface area contributed by atoms with Gasteiger partial charge in [0.15, 0.2) is 4.32 Å². The topological polar surface area (TPSA) is 29.5 Å². The molecular formula is C18H14ClNO2S2. The largest absolute Gasteiger partial charge is 0.496 e. The summed E-state index contributed by atoms with van der Waals surface area (Å²) in [5.41, 5.74) is 2.58. The smallest absolute Gasteiger partial charge is 0.270 e. The molecule has 1 fully saturated rings. The maximum atomic E-state index is 12.8. The fraction of sp³-hybridized carbons (Fsp3) is 0.111. The second-order valence-corrected chi connectivity index (χ2v) is 7.30. The number of thioether (sulfide) groups is 1. The van der Waals surface area contributed by atoms with Crippen LogP contribution < -0.4 is 9.64 Å². The van der Waals surface area contributed by atoms with Crippen LogP contribution >= 0.6 is 35.6 Å². The van der Waals surface area contributed by atoms with E-state index < -0.39 is 0 Å². The van der Waals surface area contributed by atoms with Crippen LogP contribution in [0, 0.1) is 6.92 Å². The highest BCUT2D eigenvalue weighted by atomic mass is 35.5. The van der Waals surface area contributed by atoms with Crippen LogP contribution in [-0.4, -0.2) is 17.3 Å². The number of rotatable bonds is 3. The third kappa shape index (κ3) is 3.20. The summed E-state index contributed by atoms with van der Waals surface area (Å²) in [6, 6.07) is 12.9. The number of carbonyl (C=O) groups is 1. The van der Waals surface area contributed by atoms with Crippen LogP contribution in [0.5, 0.6) is 5.75 Å². The Morgan fingerprint density at radius 3 is 2.58 bits per heavy atom. The number of para-hydroxylation sites is 1. The molecule has 0 saturated carbocycles. The van der Waals surface area contributed by atoms with Crippen LogP contribution in [0.25, 0.3) is 6.08 Å². The van der Waals surface area contributed by atoms with Gasteiger partial charge < -0.3 is 4.74 Å². The normalized spacial score (nSPS) is 16.1. The molecule has 2 aromatic rings. The second kappa shape index (κ2) is 6.97. The molecule has 1 aliphatic rings. The zero-order valence-electron chi connectivity index (χ0n) is 13.1. The first-order valence-electron chi connectivity index (χ1n) is 7.18. The average Bonchev–Trinajstić information content (AvgIpc) is 2.83. The van der Waals surface area contributed by atoms with Gasteiger partial charge in [-0.1, -0.05) is 53.8 Å². The Hall–Kier alpha value is -1.82. The molecule has 1 saturated heterocycles. The van der Waals surface area contributed by atoms with Crippen molar-refractivity contribution < 1.29 is 9.53 Å². The van der Waals surface area contributed by atoms with E-state index in [0.29, 0.717) is 19.9 Å². The number of benzene rings is 2. The summed E-state index contributed by atoms with van der Waals surface area (Å²) in [5.74, 6) is 0.616. The number of halogens is 1. The predicted molar refractivity (Wildman–Crippen MR) is 105 cm³/mol. The first-order valence-corrected chi connectivity index (χ1v) is 8.78. The van der Waals surface area contributed by atoms with Crippen molar-refractivity contribution in [2.24, 2.45) is 0 Å². The number of ether oxygens (including phenoxy) is 1. The first-order chi connectivity index (χ1) is 11.5. The van der Waals surface area contributed by atoms with Gasteiger partial charge in [0.05, 0.1) is 17.7 Å². The van der Waals surface area contributed by atoms with E-state index in [2.05, 4.69) is 0 Å². The lowest BCUT2D eigenvalue weighted by atomic mass is 10.1. The number of aryl methyl sites for hydroxylation is 1. The van der Waals surface area contributed by atoms with Crippen LogP contribution in [0.1, 0.15) is 11.1 Å². The molecule has 24 heavy (non-hydrogen) atoms. The molecule has 0 radical (unpaired) electrons. The highest BCUT2D eigenvalue weighted by Gasteiger charge is 2.33. The number of carbonyl (C=O) groups excluding carboxylic acids is 1. The number of hydrogen-bond acceptors (Lipinski definition) is 4. The van der Waals surface area contributed by atoms with E-state index in [1.807, 2.05) is 31.2 Å². The summed E-state index contributed by atoms with van der Waals surface area (Å²) in [7, 11) is 1.62. The van der Waals surface area contributed by atoms with E-state index >= 15 is 0 Å². The lowest BCUT2D eigenvalue weighted by Crippen LogP contribution is -2.27. The van der Waals surface area contributed by atoms with Crippen molar-refractivity contribution in [3.05, 3.63) is 63.5 Å². The Labute approximate surface area is 155 Å². The average molecular weight is 376 g/mol. The molecule has 3 nitrogen and oxygen atoms in total. The Bertz CT molecular complexity index is 847. The van der Waals surface area contributed by atoms with Gasteiger partial charge in [0.25, 0.3) is 5.91 Å². The second-order valence-electron chi connectivity index (χ2n) is 5.19. The molecule has 1 amide bonds. The number of anilines is 1. The molecule has 0 N–H and O–H groups in total. The fourth-order valence-electron chi connectivity index (χ4n) is 2.49. The van der Waals surface area contributed by atoms with Crippen LogP contribution in [0.3, 0.4) is 0 Å². The third-order valence-corrected chi connectivity index (χ3v) is 5.17. The molecule has 0 aliphatic carbocycles. The molecule has 1 aliphatic heterocycles. The van der Waals surface area contributed by atoms with Gasteiger partial charge in [-0.25, -0.2) is 0 Å². The molecular weight excluding hydrogens is 362 g/mol. The monoisotopic (exact) mass is 375 g/mol. The van der Waals surface area contributed by atoms with Gasteiger partial charge in [-0.3, -0.25) is 9.69 Å². The summed E-state index contributed by atoms with van der Waals surface area (Å²) in [6.45, 7) is 1.97. The quantitative estimate of drug-likeness (QED) is 0.553. The molecule has 0 atom stereocenters. The molecule has 6 heteroatoms. The standard InChI is InChI=1S/C18H14ClNO2S2/c1-11-4-3-5-12(16(11)22-2)10-15-17(21)20(18(23)24-15)14-8-6-13(19)7-9-14/h3-10H,1-2H3. The lowest BCUT2D eigenvalue weighted by molar-refractivity contribution is -0.113. The van der Waals surface area contributed by atoms with Crippen LogP contribution in [-0.2, 0) is 4.79 Å². The molecule has 0 unspecified atom stereocenters. The molecule has 0 spiro atoms. The number of hydrogen-bond donors (Lipinski definition) is 0. The van der Waals surface area contributed by atoms with Gasteiger partial charge in [-0.15, -0.1) is 0 Å². The van der Waals surface area contributed by atoms with Gasteiger partial charge in [0, 0.05) is 10.6 Å². The Kier molecular flexibility index (Phi) is 4.94. The molecule has 0 bridgehead atoms. The zero-order valence-corrected chi connectivity index (χ0v) is 15.5. The minimum atomic E-state index is -0.143. The van der Waals surface area contributed by atoms with Crippen molar-refractivity contribution in [2.45, 2.75) is 6.92 Å². The number of nitrogens with zero attached hydrogens (tertiary/aromatic N) is 1. The number of thiocarbonyl (C=S) groups is 1. The van der Waals surface area contributed by atoms with Crippen molar-refractivity contribution in [3.63, 3.8) is 0 Å². The lowest BCUT2D eigenvalue weighted by Gasteiger charge is -2.14. The van der Waals surface area contributed by atoms with Gasteiger partial charge in [-0.2, -0.15) is 0 Å².